The van der Waals surface area contributed by atoms with E-state index in [0.29, 0.717) is 23.3 Å². The molecule has 1 amide bonds. The van der Waals surface area contributed by atoms with Crippen molar-refractivity contribution in [1.29, 1.82) is 0 Å². The summed E-state index contributed by atoms with van der Waals surface area (Å²) in [7, 11) is 1.31. The quantitative estimate of drug-likeness (QED) is 0.720. The fourth-order valence-corrected chi connectivity index (χ4v) is 3.31. The van der Waals surface area contributed by atoms with Crippen LogP contribution in [0.5, 0.6) is 0 Å². The molecule has 20 heavy (non-hydrogen) atoms. The highest BCUT2D eigenvalue weighted by Crippen LogP contribution is 2.29. The van der Waals surface area contributed by atoms with E-state index in [4.69, 9.17) is 5.73 Å². The number of carbonyl (C=O) groups is 2. The molecule has 6 heteroatoms. The monoisotopic (exact) mass is 302 g/mol. The Kier molecular flexibility index (Phi) is 7.37. The van der Waals surface area contributed by atoms with Gasteiger partial charge in [-0.05, 0) is 18.3 Å². The lowest BCUT2D eigenvalue weighted by Gasteiger charge is -2.34. The average Bonchev–Trinajstić information content (AvgIpc) is 2.42. The lowest BCUT2D eigenvalue weighted by molar-refractivity contribution is -0.141. The van der Waals surface area contributed by atoms with Crippen LogP contribution in [0.15, 0.2) is 0 Å². The topological polar surface area (TPSA) is 81.4 Å². The van der Waals surface area contributed by atoms with Gasteiger partial charge in [-0.25, -0.2) is 0 Å². The SMILES string of the molecule is COC(=O)C(N)CSCC(=O)NC1CCCC(C)C1C. The van der Waals surface area contributed by atoms with Crippen LogP contribution in [0, 0.1) is 11.8 Å². The number of rotatable bonds is 6. The second-order valence-electron chi connectivity index (χ2n) is 5.59. The van der Waals surface area contributed by atoms with Crippen LogP contribution >= 0.6 is 11.8 Å². The first-order valence-corrected chi connectivity index (χ1v) is 8.31. The molecule has 4 atom stereocenters. The predicted molar refractivity (Wildman–Crippen MR) is 81.4 cm³/mol. The molecule has 0 radical (unpaired) electrons. The Morgan fingerprint density at radius 1 is 1.40 bits per heavy atom. The fourth-order valence-electron chi connectivity index (χ4n) is 2.53. The predicted octanol–water partition coefficient (Wildman–Crippen LogP) is 1.16. The number of nitrogens with one attached hydrogen (secondary N) is 1. The maximum absolute atomic E-state index is 11.9. The molecule has 1 saturated carbocycles. The van der Waals surface area contributed by atoms with E-state index in [0.717, 1.165) is 6.42 Å². The molecule has 0 aromatic heterocycles. The van der Waals surface area contributed by atoms with Gasteiger partial charge in [-0.2, -0.15) is 0 Å². The van der Waals surface area contributed by atoms with E-state index in [9.17, 15) is 9.59 Å². The number of amides is 1. The lowest BCUT2D eigenvalue weighted by Crippen LogP contribution is -2.44. The molecule has 3 N–H and O–H groups in total. The molecule has 0 bridgehead atoms. The minimum atomic E-state index is -0.661. The van der Waals surface area contributed by atoms with Crippen molar-refractivity contribution in [2.24, 2.45) is 17.6 Å². The minimum Gasteiger partial charge on any atom is -0.468 e. The van der Waals surface area contributed by atoms with Crippen molar-refractivity contribution in [3.05, 3.63) is 0 Å². The number of nitrogens with two attached hydrogens (primary N) is 1. The number of esters is 1. The highest BCUT2D eigenvalue weighted by molar-refractivity contribution is 8.00. The molecule has 5 nitrogen and oxygen atoms in total. The van der Waals surface area contributed by atoms with Gasteiger partial charge in [-0.1, -0.05) is 26.7 Å². The minimum absolute atomic E-state index is 0.0259. The van der Waals surface area contributed by atoms with Crippen molar-refractivity contribution in [2.45, 2.75) is 45.2 Å². The van der Waals surface area contributed by atoms with Gasteiger partial charge in [0.1, 0.15) is 6.04 Å². The van der Waals surface area contributed by atoms with Crippen LogP contribution in [0.1, 0.15) is 33.1 Å². The van der Waals surface area contributed by atoms with Crippen LogP contribution in [0.3, 0.4) is 0 Å². The Balaban J connectivity index is 2.25. The Labute approximate surface area is 125 Å². The summed E-state index contributed by atoms with van der Waals surface area (Å²) in [5.74, 6) is 1.51. The van der Waals surface area contributed by atoms with Crippen molar-refractivity contribution in [3.63, 3.8) is 0 Å². The number of hydrogen-bond donors (Lipinski definition) is 2. The molecule has 0 saturated heterocycles. The van der Waals surface area contributed by atoms with Crippen LogP contribution < -0.4 is 11.1 Å². The third kappa shape index (κ3) is 5.32. The van der Waals surface area contributed by atoms with Crippen molar-refractivity contribution >= 4 is 23.6 Å². The summed E-state index contributed by atoms with van der Waals surface area (Å²) in [6.45, 7) is 4.45. The zero-order chi connectivity index (χ0) is 15.1. The van der Waals surface area contributed by atoms with E-state index in [1.807, 2.05) is 0 Å². The molecule has 1 rings (SSSR count). The molecule has 116 valence electrons. The number of hydrogen-bond acceptors (Lipinski definition) is 5. The Hall–Kier alpha value is -0.750. The zero-order valence-electron chi connectivity index (χ0n) is 12.6. The summed E-state index contributed by atoms with van der Waals surface area (Å²) < 4.78 is 4.54. The summed E-state index contributed by atoms with van der Waals surface area (Å²) in [5, 5.41) is 3.10. The summed E-state index contributed by atoms with van der Waals surface area (Å²) >= 11 is 1.37. The average molecular weight is 302 g/mol. The van der Waals surface area contributed by atoms with Gasteiger partial charge < -0.3 is 15.8 Å². The first kappa shape index (κ1) is 17.3. The number of carbonyl (C=O) groups excluding carboxylic acids is 2. The van der Waals surface area contributed by atoms with Crippen LogP contribution in [0.25, 0.3) is 0 Å². The molecular weight excluding hydrogens is 276 g/mol. The Morgan fingerprint density at radius 3 is 2.75 bits per heavy atom. The molecular formula is C14H26N2O3S. The van der Waals surface area contributed by atoms with Crippen LogP contribution in [-0.2, 0) is 14.3 Å². The fraction of sp³-hybridized carbons (Fsp3) is 0.857. The molecule has 0 spiro atoms. The van der Waals surface area contributed by atoms with E-state index >= 15 is 0 Å². The maximum Gasteiger partial charge on any atom is 0.323 e. The van der Waals surface area contributed by atoms with E-state index in [2.05, 4.69) is 23.9 Å². The van der Waals surface area contributed by atoms with Crippen LogP contribution in [-0.4, -0.2) is 42.6 Å². The Morgan fingerprint density at radius 2 is 2.10 bits per heavy atom. The van der Waals surface area contributed by atoms with Gasteiger partial charge in [0, 0.05) is 11.8 Å². The van der Waals surface area contributed by atoms with E-state index in [1.54, 1.807) is 0 Å². The normalized spacial score (nSPS) is 27.7. The third-order valence-electron chi connectivity index (χ3n) is 4.09. The third-order valence-corrected chi connectivity index (χ3v) is 5.15. The molecule has 0 aliphatic heterocycles. The number of thioether (sulfide) groups is 1. The van der Waals surface area contributed by atoms with E-state index < -0.39 is 12.0 Å². The van der Waals surface area contributed by atoms with Crippen LogP contribution in [0.2, 0.25) is 0 Å². The van der Waals surface area contributed by atoms with Gasteiger partial charge in [0.2, 0.25) is 5.91 Å². The smallest absolute Gasteiger partial charge is 0.323 e. The maximum atomic E-state index is 11.9. The van der Waals surface area contributed by atoms with Gasteiger partial charge in [-0.3, -0.25) is 9.59 Å². The van der Waals surface area contributed by atoms with Crippen molar-refractivity contribution in [1.82, 2.24) is 5.32 Å². The second-order valence-corrected chi connectivity index (χ2v) is 6.62. The summed E-state index contributed by atoms with van der Waals surface area (Å²) in [6, 6.07) is -0.382. The number of methoxy groups -OCH3 is 1. The molecule has 4 unspecified atom stereocenters. The lowest BCUT2D eigenvalue weighted by atomic mass is 9.78. The van der Waals surface area contributed by atoms with E-state index in [1.165, 1.54) is 31.7 Å². The van der Waals surface area contributed by atoms with Crippen molar-refractivity contribution < 1.29 is 14.3 Å². The van der Waals surface area contributed by atoms with Crippen molar-refractivity contribution in [2.75, 3.05) is 18.6 Å². The van der Waals surface area contributed by atoms with Crippen molar-refractivity contribution in [3.8, 4) is 0 Å². The first-order chi connectivity index (χ1) is 9.45. The van der Waals surface area contributed by atoms with E-state index in [-0.39, 0.29) is 11.9 Å². The Bertz CT molecular complexity index is 338. The molecule has 0 heterocycles. The van der Waals surface area contributed by atoms with Gasteiger partial charge >= 0.3 is 5.97 Å². The molecule has 1 aliphatic carbocycles. The summed E-state index contributed by atoms with van der Waals surface area (Å²) in [6.07, 6.45) is 3.48. The first-order valence-electron chi connectivity index (χ1n) is 7.16. The van der Waals surface area contributed by atoms with Crippen LogP contribution in [0.4, 0.5) is 0 Å². The standard InChI is InChI=1S/C14H26N2O3S/c1-9-5-4-6-12(10(9)2)16-13(17)8-20-7-11(15)14(18)19-3/h9-12H,4-8,15H2,1-3H3,(H,16,17). The van der Waals surface area contributed by atoms with Gasteiger partial charge in [0.05, 0.1) is 12.9 Å². The zero-order valence-corrected chi connectivity index (χ0v) is 13.4. The second kappa shape index (κ2) is 8.52. The summed E-state index contributed by atoms with van der Waals surface area (Å²) in [5.41, 5.74) is 5.61. The van der Waals surface area contributed by atoms with Gasteiger partial charge in [0.25, 0.3) is 0 Å². The molecule has 0 aromatic carbocycles. The van der Waals surface area contributed by atoms with Gasteiger partial charge in [-0.15, -0.1) is 11.8 Å². The molecule has 0 aromatic rings. The summed E-state index contributed by atoms with van der Waals surface area (Å²) in [4.78, 5) is 23.0. The molecule has 1 fully saturated rings. The highest BCUT2D eigenvalue weighted by atomic mass is 32.2. The highest BCUT2D eigenvalue weighted by Gasteiger charge is 2.28. The molecule has 1 aliphatic rings. The number of ether oxygens (including phenoxy) is 1. The largest absolute Gasteiger partial charge is 0.468 e. The van der Waals surface area contributed by atoms with Gasteiger partial charge in [0.15, 0.2) is 0 Å².